The van der Waals surface area contributed by atoms with E-state index in [0.717, 1.165) is 27.2 Å². The van der Waals surface area contributed by atoms with Crippen LogP contribution in [0.4, 0.5) is 0 Å². The van der Waals surface area contributed by atoms with Crippen LogP contribution in [-0.2, 0) is 6.42 Å². The van der Waals surface area contributed by atoms with Crippen LogP contribution >= 0.6 is 11.8 Å². The predicted molar refractivity (Wildman–Crippen MR) is 131 cm³/mol. The number of aromatic amines is 1. The molecule has 0 saturated heterocycles. The number of H-pyrrole nitrogens is 1. The summed E-state index contributed by atoms with van der Waals surface area (Å²) in [5.41, 5.74) is 2.69. The fourth-order valence-electron chi connectivity index (χ4n) is 4.12. The van der Waals surface area contributed by atoms with Gasteiger partial charge < -0.3 is 33.8 Å². The van der Waals surface area contributed by atoms with Crippen LogP contribution in [0.1, 0.15) is 21.6 Å². The molecule has 180 valence electrons. The maximum absolute atomic E-state index is 12.1. The molecular weight excluding hydrogens is 470 g/mol. The van der Waals surface area contributed by atoms with Crippen LogP contribution in [0.15, 0.2) is 58.3 Å². The summed E-state index contributed by atoms with van der Waals surface area (Å²) in [4.78, 5) is 16.6. The zero-order chi connectivity index (χ0) is 24.5. The Kier molecular flexibility index (Phi) is 6.08. The molecule has 0 unspecified atom stereocenters. The van der Waals surface area contributed by atoms with E-state index in [0.29, 0.717) is 39.8 Å². The number of hydrogen-bond acceptors (Lipinski definition) is 7. The lowest BCUT2D eigenvalue weighted by Gasteiger charge is -2.14. The maximum Gasteiger partial charge on any atom is 0.353 e. The number of fused-ring (bicyclic) bond motifs is 2. The summed E-state index contributed by atoms with van der Waals surface area (Å²) in [5.74, 6) is 2.11. The molecule has 0 aliphatic carbocycles. The molecule has 0 bridgehead atoms. The van der Waals surface area contributed by atoms with Crippen LogP contribution in [0, 0.1) is 0 Å². The summed E-state index contributed by atoms with van der Waals surface area (Å²) >= 11 is 1.37. The number of hydrogen-bond donors (Lipinski definition) is 2. The number of aromatic nitrogens is 1. The van der Waals surface area contributed by atoms with Gasteiger partial charge in [-0.15, -0.1) is 0 Å². The lowest BCUT2D eigenvalue weighted by molar-refractivity contribution is 0.0687. The molecule has 4 aromatic rings. The second kappa shape index (κ2) is 9.34. The first-order valence-corrected chi connectivity index (χ1v) is 11.6. The van der Waals surface area contributed by atoms with E-state index in [1.807, 2.05) is 36.4 Å². The quantitative estimate of drug-likeness (QED) is 0.338. The molecule has 8 nitrogen and oxygen atoms in total. The third-order valence-electron chi connectivity index (χ3n) is 5.81. The van der Waals surface area contributed by atoms with Crippen LogP contribution in [0.3, 0.4) is 0 Å². The average molecular weight is 494 g/mol. The minimum Gasteiger partial charge on any atom is -0.496 e. The largest absolute Gasteiger partial charge is 0.496 e. The van der Waals surface area contributed by atoms with Crippen molar-refractivity contribution in [3.8, 4) is 28.7 Å². The van der Waals surface area contributed by atoms with Crippen LogP contribution in [-0.4, -0.2) is 44.2 Å². The number of rotatable bonds is 8. The Bertz CT molecular complexity index is 1430. The summed E-state index contributed by atoms with van der Waals surface area (Å²) in [7, 11) is 4.71. The van der Waals surface area contributed by atoms with Crippen LogP contribution in [0.25, 0.3) is 10.9 Å². The molecule has 0 radical (unpaired) electrons. The molecule has 3 aromatic carbocycles. The summed E-state index contributed by atoms with van der Waals surface area (Å²) in [6, 6.07) is 15.1. The molecule has 0 spiro atoms. The van der Waals surface area contributed by atoms with Crippen molar-refractivity contribution in [1.29, 1.82) is 0 Å². The molecule has 1 aliphatic heterocycles. The minimum atomic E-state index is -1.05. The lowest BCUT2D eigenvalue weighted by Crippen LogP contribution is -2.00. The van der Waals surface area contributed by atoms with Crippen LogP contribution < -0.4 is 23.7 Å². The molecule has 35 heavy (non-hydrogen) atoms. The zero-order valence-electron chi connectivity index (χ0n) is 19.3. The van der Waals surface area contributed by atoms with Crippen LogP contribution in [0.2, 0.25) is 0 Å². The second-order valence-corrected chi connectivity index (χ2v) is 8.84. The number of methoxy groups -OCH3 is 3. The van der Waals surface area contributed by atoms with Gasteiger partial charge in [0.15, 0.2) is 23.0 Å². The van der Waals surface area contributed by atoms with Gasteiger partial charge in [-0.3, -0.25) is 0 Å². The number of carboxylic acids is 1. The van der Waals surface area contributed by atoms with Gasteiger partial charge in [0.25, 0.3) is 0 Å². The van der Waals surface area contributed by atoms with Gasteiger partial charge in [0, 0.05) is 28.3 Å². The van der Waals surface area contributed by atoms with Crippen molar-refractivity contribution in [2.75, 3.05) is 28.1 Å². The smallest absolute Gasteiger partial charge is 0.353 e. The normalized spacial score (nSPS) is 12.1. The fourth-order valence-corrected chi connectivity index (χ4v) is 5.31. The van der Waals surface area contributed by atoms with Gasteiger partial charge in [0.1, 0.15) is 11.4 Å². The molecular formula is C26H23NO7S. The van der Waals surface area contributed by atoms with E-state index in [4.69, 9.17) is 23.7 Å². The van der Waals surface area contributed by atoms with Crippen molar-refractivity contribution in [2.24, 2.45) is 0 Å². The standard InChI is InChI=1S/C26H23NO7S/c1-30-18-5-4-6-23(16(18)9-14-7-8-19-22(10-14)34-13-33-19)35-25-15-11-20(31-2)21(32-3)12-17(15)27-24(25)26(28)29/h4-8,10-12,27H,9,13H2,1-3H3,(H,28,29). The molecule has 0 saturated carbocycles. The predicted octanol–water partition coefficient (Wildman–Crippen LogP) is 5.36. The van der Waals surface area contributed by atoms with Gasteiger partial charge in [-0.05, 0) is 35.9 Å². The van der Waals surface area contributed by atoms with E-state index in [9.17, 15) is 9.90 Å². The summed E-state index contributed by atoms with van der Waals surface area (Å²) in [5, 5.41) is 10.7. The van der Waals surface area contributed by atoms with Gasteiger partial charge in [0.05, 0.1) is 31.7 Å². The molecule has 1 aliphatic rings. The lowest BCUT2D eigenvalue weighted by atomic mass is 10.0. The topological polar surface area (TPSA) is 99.2 Å². The van der Waals surface area contributed by atoms with E-state index in [1.54, 1.807) is 33.5 Å². The highest BCUT2D eigenvalue weighted by molar-refractivity contribution is 7.99. The molecule has 1 aromatic heterocycles. The zero-order valence-corrected chi connectivity index (χ0v) is 20.2. The molecule has 0 amide bonds. The van der Waals surface area contributed by atoms with E-state index < -0.39 is 5.97 Å². The molecule has 2 N–H and O–H groups in total. The average Bonchev–Trinajstić information content (AvgIpc) is 3.48. The highest BCUT2D eigenvalue weighted by Crippen LogP contribution is 2.44. The molecule has 0 atom stereocenters. The number of carbonyl (C=O) groups is 1. The van der Waals surface area contributed by atoms with Crippen molar-refractivity contribution in [1.82, 2.24) is 4.98 Å². The first-order chi connectivity index (χ1) is 17.0. The highest BCUT2D eigenvalue weighted by atomic mass is 32.2. The van der Waals surface area contributed by atoms with Gasteiger partial charge in [-0.1, -0.05) is 23.9 Å². The first kappa shape index (κ1) is 22.8. The number of nitrogens with one attached hydrogen (secondary N) is 1. The minimum absolute atomic E-state index is 0.0946. The number of ether oxygens (including phenoxy) is 5. The Balaban J connectivity index is 1.60. The van der Waals surface area contributed by atoms with E-state index in [1.165, 1.54) is 11.8 Å². The number of benzene rings is 3. The van der Waals surface area contributed by atoms with E-state index >= 15 is 0 Å². The molecule has 0 fully saturated rings. The van der Waals surface area contributed by atoms with E-state index in [2.05, 4.69) is 4.98 Å². The molecule has 2 heterocycles. The van der Waals surface area contributed by atoms with Gasteiger partial charge >= 0.3 is 5.97 Å². The Morgan fingerprint density at radius 1 is 0.971 bits per heavy atom. The monoisotopic (exact) mass is 493 g/mol. The van der Waals surface area contributed by atoms with Crippen LogP contribution in [0.5, 0.6) is 28.7 Å². The van der Waals surface area contributed by atoms with Gasteiger partial charge in [0.2, 0.25) is 6.79 Å². The third-order valence-corrected chi connectivity index (χ3v) is 7.04. The Morgan fingerprint density at radius 2 is 1.71 bits per heavy atom. The Labute approximate surface area is 205 Å². The Morgan fingerprint density at radius 3 is 2.46 bits per heavy atom. The van der Waals surface area contributed by atoms with Crippen molar-refractivity contribution >= 4 is 28.6 Å². The summed E-state index contributed by atoms with van der Waals surface area (Å²) < 4.78 is 27.5. The SMILES string of the molecule is COc1cc2[nH]c(C(=O)O)c(Sc3cccc(OC)c3Cc3ccc4c(c3)OCO4)c2cc1OC. The molecule has 9 heteroatoms. The fraction of sp³-hybridized carbons (Fsp3) is 0.192. The maximum atomic E-state index is 12.1. The highest BCUT2D eigenvalue weighted by Gasteiger charge is 2.23. The first-order valence-electron chi connectivity index (χ1n) is 10.8. The van der Waals surface area contributed by atoms with Crippen molar-refractivity contribution in [2.45, 2.75) is 16.2 Å². The van der Waals surface area contributed by atoms with Gasteiger partial charge in [-0.2, -0.15) is 0 Å². The number of aromatic carboxylic acids is 1. The number of carboxylic acid groups (broad SMARTS) is 1. The third kappa shape index (κ3) is 4.19. The summed E-state index contributed by atoms with van der Waals surface area (Å²) in [6.45, 7) is 0.210. The van der Waals surface area contributed by atoms with Crippen molar-refractivity contribution < 1.29 is 33.6 Å². The second-order valence-electron chi connectivity index (χ2n) is 7.79. The summed E-state index contributed by atoms with van der Waals surface area (Å²) in [6.07, 6.45) is 0.560. The van der Waals surface area contributed by atoms with Gasteiger partial charge in [-0.25, -0.2) is 4.79 Å². The Hall–Kier alpha value is -3.98. The van der Waals surface area contributed by atoms with Crippen molar-refractivity contribution in [3.63, 3.8) is 0 Å². The van der Waals surface area contributed by atoms with Crippen molar-refractivity contribution in [3.05, 3.63) is 65.4 Å². The molecule has 5 rings (SSSR count). The van der Waals surface area contributed by atoms with E-state index in [-0.39, 0.29) is 12.5 Å².